The molecule has 386 valence electrons. The quantitative estimate of drug-likeness (QED) is 0.0481. The van der Waals surface area contributed by atoms with Crippen molar-refractivity contribution in [2.45, 2.75) is 84.9 Å². The first-order valence-electron chi connectivity index (χ1n) is 24.4. The van der Waals surface area contributed by atoms with Crippen molar-refractivity contribution in [1.82, 2.24) is 31.2 Å². The number of carbonyl (C=O) groups is 7. The summed E-state index contributed by atoms with van der Waals surface area (Å²) >= 11 is 0. The lowest BCUT2D eigenvalue weighted by Crippen LogP contribution is -2.50. The second-order valence-electron chi connectivity index (χ2n) is 17.9. The molecule has 12 N–H and O–H groups in total. The third-order valence-electron chi connectivity index (χ3n) is 11.8. The summed E-state index contributed by atoms with van der Waals surface area (Å²) in [5, 5.41) is 16.3. The molecule has 1 fully saturated rings. The Labute approximate surface area is 420 Å². The Bertz CT molecular complexity index is 2460. The maximum absolute atomic E-state index is 13.3. The molecular weight excluding hydrogens is 923 g/mol. The number of hydrogen-bond acceptors (Lipinski definition) is 13. The molecule has 21 nitrogen and oxygen atoms in total. The molecule has 2 aliphatic rings. The van der Waals surface area contributed by atoms with Crippen molar-refractivity contribution in [2.24, 2.45) is 34.0 Å². The number of alkyl carbamates (subject to hydrolysis) is 1. The maximum Gasteiger partial charge on any atom is 0.407 e. The molecule has 0 aliphatic carbocycles. The molecule has 0 spiro atoms. The van der Waals surface area contributed by atoms with Crippen LogP contribution in [0.4, 0.5) is 32.5 Å². The lowest BCUT2D eigenvalue weighted by molar-refractivity contribution is -0.127. The Morgan fingerprint density at radius 2 is 1.56 bits per heavy atom. The number of benzene rings is 2. The fraction of sp³-hybridized carbons (Fsp3) is 0.431. The van der Waals surface area contributed by atoms with Crippen LogP contribution in [-0.2, 0) is 30.5 Å². The number of nitrogens with one attached hydrogen (secondary N) is 6. The first kappa shape index (κ1) is 55.1. The van der Waals surface area contributed by atoms with E-state index >= 15 is 0 Å². The molecule has 1 saturated heterocycles. The van der Waals surface area contributed by atoms with E-state index in [1.807, 2.05) is 30.9 Å². The summed E-state index contributed by atoms with van der Waals surface area (Å²) in [5.74, 6) is -0.865. The van der Waals surface area contributed by atoms with Crippen LogP contribution in [0.5, 0.6) is 0 Å². The molecule has 1 aromatic heterocycles. The first-order valence-corrected chi connectivity index (χ1v) is 24.4. The predicted octanol–water partition coefficient (Wildman–Crippen LogP) is 4.04. The normalized spacial score (nSPS) is 14.4. The summed E-state index contributed by atoms with van der Waals surface area (Å²) in [4.78, 5) is 102. The number of aliphatic imine (C=N–C) groups is 1. The van der Waals surface area contributed by atoms with E-state index < -0.39 is 36.0 Å². The highest BCUT2D eigenvalue weighted by molar-refractivity contribution is 6.08. The van der Waals surface area contributed by atoms with Gasteiger partial charge in [-0.15, -0.1) is 0 Å². The highest BCUT2D eigenvalue weighted by Crippen LogP contribution is 2.29. The van der Waals surface area contributed by atoms with Gasteiger partial charge in [-0.2, -0.15) is 0 Å². The van der Waals surface area contributed by atoms with Crippen LogP contribution in [0.25, 0.3) is 6.08 Å². The van der Waals surface area contributed by atoms with Gasteiger partial charge >= 0.3 is 12.1 Å². The number of piperidine rings is 1. The number of anilines is 3. The average molecular weight is 992 g/mol. The van der Waals surface area contributed by atoms with Crippen LogP contribution in [0, 0.1) is 11.8 Å². The summed E-state index contributed by atoms with van der Waals surface area (Å²) in [6.07, 6.45) is 9.39. The second kappa shape index (κ2) is 27.5. The van der Waals surface area contributed by atoms with Crippen LogP contribution in [0.15, 0.2) is 83.5 Å². The minimum Gasteiger partial charge on any atom is -0.445 e. The number of pyridine rings is 1. The van der Waals surface area contributed by atoms with Crippen molar-refractivity contribution < 1.29 is 38.3 Å². The van der Waals surface area contributed by atoms with E-state index in [4.69, 9.17) is 21.9 Å². The highest BCUT2D eigenvalue weighted by atomic mass is 16.5. The van der Waals surface area contributed by atoms with Gasteiger partial charge in [0.15, 0.2) is 0 Å². The number of fused-ring (bicyclic) bond motifs is 1. The minimum atomic E-state index is -1.04. The van der Waals surface area contributed by atoms with E-state index in [1.54, 1.807) is 74.7 Å². The van der Waals surface area contributed by atoms with Crippen LogP contribution in [0.1, 0.15) is 87.7 Å². The summed E-state index contributed by atoms with van der Waals surface area (Å²) in [7, 11) is 0. The van der Waals surface area contributed by atoms with Crippen molar-refractivity contribution in [1.29, 1.82) is 0 Å². The largest absolute Gasteiger partial charge is 0.445 e. The van der Waals surface area contributed by atoms with Gasteiger partial charge in [-0.3, -0.25) is 24.0 Å². The standard InChI is InChI=1S/C51H69N13O8/c1-5-23-64(24-6-2)49(69)37-27-35-12-13-36(28-41(35)61-42(52)29-37)46(66)60-39-16-17-43(58-30-39)63-25-18-34(19-26-63)45(65)55-21-22-57-51(71)72-31-33-10-14-38(15-11-33)59-47(67)40(9-7-8-20-56-50(54)70)62-48(68)44(53)32(3)4/h7,9-17,27-28,30,32,34,40,44H,5-6,8,18-26,29,31,53H2,1-4H3,(H2,52,61)(H,55,65)(H,57,71)(H,59,67)(H,60,66)(H,62,68)(H3,54,56,70)/b9-7+/t40?,44-/m0/s1. The van der Waals surface area contributed by atoms with E-state index in [-0.39, 0.29) is 62.2 Å². The molecule has 3 heterocycles. The number of hydrogen-bond donors (Lipinski definition) is 9. The number of urea groups is 1. The Morgan fingerprint density at radius 1 is 0.861 bits per heavy atom. The van der Waals surface area contributed by atoms with E-state index in [0.717, 1.165) is 18.7 Å². The summed E-state index contributed by atoms with van der Waals surface area (Å²) in [6, 6.07) is 12.8. The Hall–Kier alpha value is -7.81. The molecule has 0 saturated carbocycles. The first-order chi connectivity index (χ1) is 34.5. The monoisotopic (exact) mass is 992 g/mol. The van der Waals surface area contributed by atoms with Gasteiger partial charge in [0.25, 0.3) is 11.8 Å². The summed E-state index contributed by atoms with van der Waals surface area (Å²) in [6.45, 7) is 10.8. The average Bonchev–Trinajstić information content (AvgIpc) is 3.53. The molecule has 2 aromatic carbocycles. The Kier molecular flexibility index (Phi) is 21.1. The molecule has 3 aromatic rings. The van der Waals surface area contributed by atoms with E-state index in [0.29, 0.717) is 90.6 Å². The van der Waals surface area contributed by atoms with Crippen LogP contribution < -0.4 is 54.0 Å². The molecule has 5 rings (SSSR count). The number of aromatic nitrogens is 1. The van der Waals surface area contributed by atoms with Gasteiger partial charge in [-0.1, -0.05) is 58.0 Å². The molecular formula is C51H69N13O8. The summed E-state index contributed by atoms with van der Waals surface area (Å²) < 4.78 is 5.32. The van der Waals surface area contributed by atoms with E-state index in [1.165, 1.54) is 6.08 Å². The molecule has 1 unspecified atom stereocenters. The molecule has 2 atom stereocenters. The zero-order valence-electron chi connectivity index (χ0n) is 41.5. The predicted molar refractivity (Wildman–Crippen MR) is 277 cm³/mol. The molecule has 8 amide bonds. The van der Waals surface area contributed by atoms with Gasteiger partial charge in [-0.05, 0) is 86.1 Å². The zero-order chi connectivity index (χ0) is 52.2. The number of nitrogens with two attached hydrogens (primary N) is 3. The van der Waals surface area contributed by atoms with Crippen LogP contribution in [-0.4, -0.2) is 115 Å². The van der Waals surface area contributed by atoms with Gasteiger partial charge in [0.05, 0.1) is 23.6 Å². The molecule has 2 aliphatic heterocycles. The third-order valence-corrected chi connectivity index (χ3v) is 11.8. The smallest absolute Gasteiger partial charge is 0.407 e. The fourth-order valence-corrected chi connectivity index (χ4v) is 7.81. The molecule has 21 heteroatoms. The number of nitrogens with zero attached hydrogens (tertiary/aromatic N) is 4. The lowest BCUT2D eigenvalue weighted by atomic mass is 9.96. The Balaban J connectivity index is 0.998. The van der Waals surface area contributed by atoms with Crippen molar-refractivity contribution in [3.63, 3.8) is 0 Å². The molecule has 72 heavy (non-hydrogen) atoms. The van der Waals surface area contributed by atoms with Gasteiger partial charge < -0.3 is 63.6 Å². The van der Waals surface area contributed by atoms with Crippen molar-refractivity contribution in [2.75, 3.05) is 61.3 Å². The number of amidine groups is 1. The lowest BCUT2D eigenvalue weighted by Gasteiger charge is -2.32. The van der Waals surface area contributed by atoms with Gasteiger partial charge in [-0.25, -0.2) is 19.6 Å². The van der Waals surface area contributed by atoms with Gasteiger partial charge in [0.1, 0.15) is 24.3 Å². The number of carbonyl (C=O) groups excluding carboxylic acids is 7. The fourth-order valence-electron chi connectivity index (χ4n) is 7.81. The number of ether oxygens (including phenoxy) is 1. The van der Waals surface area contributed by atoms with Crippen molar-refractivity contribution >= 4 is 76.5 Å². The molecule has 0 bridgehead atoms. The van der Waals surface area contributed by atoms with E-state index in [9.17, 15) is 33.6 Å². The van der Waals surface area contributed by atoms with Crippen LogP contribution in [0.3, 0.4) is 0 Å². The topological polar surface area (TPSA) is 311 Å². The Morgan fingerprint density at radius 3 is 2.21 bits per heavy atom. The van der Waals surface area contributed by atoms with Gasteiger partial charge in [0, 0.05) is 80.5 Å². The molecule has 0 radical (unpaired) electrons. The van der Waals surface area contributed by atoms with Crippen molar-refractivity contribution in [3.8, 4) is 0 Å². The number of rotatable bonds is 23. The second-order valence-corrected chi connectivity index (χ2v) is 17.9. The number of amides is 8. The highest BCUT2D eigenvalue weighted by Gasteiger charge is 2.27. The number of primary amides is 1. The van der Waals surface area contributed by atoms with Crippen LogP contribution >= 0.6 is 0 Å². The van der Waals surface area contributed by atoms with Crippen LogP contribution in [0.2, 0.25) is 0 Å². The van der Waals surface area contributed by atoms with Crippen molar-refractivity contribution in [3.05, 3.63) is 95.2 Å². The third kappa shape index (κ3) is 17.0. The maximum atomic E-state index is 13.3. The van der Waals surface area contributed by atoms with Gasteiger partial charge in [0.2, 0.25) is 17.7 Å². The zero-order valence-corrected chi connectivity index (χ0v) is 41.5. The minimum absolute atomic E-state index is 0.0469. The summed E-state index contributed by atoms with van der Waals surface area (Å²) in [5.41, 5.74) is 21.1. The van der Waals surface area contributed by atoms with E-state index in [2.05, 4.69) is 46.8 Å². The SMILES string of the molecule is CCCN(CCC)C(=O)C1=Cc2ccc(C(=O)Nc3ccc(N4CCC(C(=O)NCCNC(=O)OCc5ccc(NC(=O)C(/C=C/CCNC(N)=O)NC(=O)[C@@H](N)C(C)C)cc5)CC4)nc3)cc2N=C(N)C1.